The molecule has 1 rings (SSSR count). The van der Waals surface area contributed by atoms with Gasteiger partial charge in [-0.05, 0) is 89.9 Å². The quantitative estimate of drug-likeness (QED) is 0.0149. The van der Waals surface area contributed by atoms with E-state index >= 15 is 0 Å². The van der Waals surface area contributed by atoms with E-state index in [1.807, 2.05) is 12.2 Å². The van der Waals surface area contributed by atoms with Crippen molar-refractivity contribution in [3.8, 4) is 0 Å². The number of hydrogen-bond acceptors (Lipinski definition) is 10. The van der Waals surface area contributed by atoms with Crippen LogP contribution >= 0.6 is 0 Å². The lowest BCUT2D eigenvalue weighted by Gasteiger charge is -2.41. The fourth-order valence-electron chi connectivity index (χ4n) is 9.27. The Morgan fingerprint density at radius 1 is 0.519 bits per heavy atom. The number of carbonyl (C=O) groups excluding carboxylic acids is 2. The molecule has 452 valence electrons. The van der Waals surface area contributed by atoms with Crippen LogP contribution in [0.15, 0.2) is 109 Å². The molecule has 0 saturated carbocycles. The summed E-state index contributed by atoms with van der Waals surface area (Å²) in [7, 11) is 0. The van der Waals surface area contributed by atoms with Gasteiger partial charge in [-0.25, -0.2) is 0 Å². The van der Waals surface area contributed by atoms with E-state index in [0.717, 1.165) is 141 Å². The molecule has 0 aliphatic carbocycles. The Hall–Kier alpha value is -3.68. The third kappa shape index (κ3) is 42.8. The number of rotatable bonds is 52. The first-order valence-corrected chi connectivity index (χ1v) is 31.7. The molecule has 11 heteroatoms. The van der Waals surface area contributed by atoms with Crippen LogP contribution in [0.2, 0.25) is 0 Å². The second-order valence-corrected chi connectivity index (χ2v) is 21.4. The van der Waals surface area contributed by atoms with Crippen LogP contribution in [0.3, 0.4) is 0 Å². The Labute approximate surface area is 481 Å². The molecule has 1 heterocycles. The van der Waals surface area contributed by atoms with E-state index < -0.39 is 67.4 Å². The average molecular weight is 1110 g/mol. The van der Waals surface area contributed by atoms with Crippen LogP contribution in [-0.2, 0) is 23.8 Å². The molecule has 0 aromatic rings. The summed E-state index contributed by atoms with van der Waals surface area (Å²) in [5.74, 6) is -1.22. The van der Waals surface area contributed by atoms with Gasteiger partial charge >= 0.3 is 5.97 Å². The predicted molar refractivity (Wildman–Crippen MR) is 328 cm³/mol. The first-order chi connectivity index (χ1) is 38.7. The highest BCUT2D eigenvalue weighted by Gasteiger charge is 2.47. The number of aliphatic hydroxyl groups is 5. The number of amides is 1. The van der Waals surface area contributed by atoms with Crippen molar-refractivity contribution in [2.45, 2.75) is 294 Å². The van der Waals surface area contributed by atoms with Gasteiger partial charge in [0.2, 0.25) is 5.91 Å². The first-order valence-electron chi connectivity index (χ1n) is 31.7. The molecule has 79 heavy (non-hydrogen) atoms. The van der Waals surface area contributed by atoms with Crippen molar-refractivity contribution in [2.75, 3.05) is 13.2 Å². The van der Waals surface area contributed by atoms with Crippen LogP contribution in [-0.4, -0.2) is 99.6 Å². The molecule has 1 aliphatic heterocycles. The summed E-state index contributed by atoms with van der Waals surface area (Å²) in [6, 6.07) is -1.04. The second-order valence-electron chi connectivity index (χ2n) is 21.4. The Bertz CT molecular complexity index is 1700. The summed E-state index contributed by atoms with van der Waals surface area (Å²) in [4.78, 5) is 26.5. The van der Waals surface area contributed by atoms with Crippen LogP contribution in [0.25, 0.3) is 0 Å². The number of ether oxygens (including phenoxy) is 3. The minimum absolute atomic E-state index is 0.104. The lowest BCUT2D eigenvalue weighted by Crippen LogP contribution is -2.61. The molecule has 0 radical (unpaired) electrons. The van der Waals surface area contributed by atoms with Crippen molar-refractivity contribution < 1.29 is 49.3 Å². The molecule has 1 amide bonds. The van der Waals surface area contributed by atoms with Gasteiger partial charge in [0.25, 0.3) is 0 Å². The lowest BCUT2D eigenvalue weighted by molar-refractivity contribution is -0.305. The third-order valence-electron chi connectivity index (χ3n) is 14.2. The molecule has 0 bridgehead atoms. The number of esters is 1. The summed E-state index contributed by atoms with van der Waals surface area (Å²) in [6.07, 6.45) is 64.1. The van der Waals surface area contributed by atoms with Crippen molar-refractivity contribution in [3.63, 3.8) is 0 Å². The predicted octanol–water partition coefficient (Wildman–Crippen LogP) is 15.3. The Morgan fingerprint density at radius 2 is 0.975 bits per heavy atom. The van der Waals surface area contributed by atoms with Crippen molar-refractivity contribution >= 4 is 11.9 Å². The summed E-state index contributed by atoms with van der Waals surface area (Å²) in [5, 5.41) is 57.0. The maximum Gasteiger partial charge on any atom is 0.306 e. The number of hydrogen-bond donors (Lipinski definition) is 6. The van der Waals surface area contributed by atoms with Gasteiger partial charge in [-0.15, -0.1) is 0 Å². The summed E-state index contributed by atoms with van der Waals surface area (Å²) < 4.78 is 17.6. The minimum Gasteiger partial charge on any atom is -0.454 e. The van der Waals surface area contributed by atoms with E-state index in [2.05, 4.69) is 117 Å². The van der Waals surface area contributed by atoms with E-state index in [-0.39, 0.29) is 19.4 Å². The largest absolute Gasteiger partial charge is 0.454 e. The fraction of sp³-hybridized carbons (Fsp3) is 0.706. The molecule has 0 aromatic heterocycles. The van der Waals surface area contributed by atoms with Gasteiger partial charge in [0.1, 0.15) is 24.4 Å². The normalized spacial score (nSPS) is 19.6. The van der Waals surface area contributed by atoms with Crippen molar-refractivity contribution in [1.29, 1.82) is 0 Å². The number of carbonyl (C=O) groups is 2. The average Bonchev–Trinajstić information content (AvgIpc) is 3.44. The molecule has 0 aromatic carbocycles. The maximum absolute atomic E-state index is 13.4. The van der Waals surface area contributed by atoms with E-state index in [4.69, 9.17) is 14.2 Å². The monoisotopic (exact) mass is 1110 g/mol. The number of aliphatic hydroxyl groups excluding tert-OH is 5. The van der Waals surface area contributed by atoms with Gasteiger partial charge in [0.15, 0.2) is 12.4 Å². The standard InChI is InChI=1S/C68H115NO10/c1-4-7-10-13-16-19-22-24-26-27-28-29-30-31-32-33-34-36-37-40-43-46-49-52-55-61(72)67(76)69-59(60(71)54-51-48-45-42-39-21-18-15-12-9-6-3)58-77-68-66(65(75)64(74)62(57-70)78-68)79-63(73)56-53-50-47-44-41-38-35-25-23-20-17-14-11-8-5-2/h7-8,10-11,14,16-17,19-20,23-24,26,28-29,31-32,51,54,59-62,64-66,68,70-72,74-75H,4-6,9,12-13,15,18,21-22,25,27,30,33-50,52-53,55-58H2,1-3H3,(H,69,76)/b10-7-,11-8+,17-14+,19-16-,23-20+,26-24-,29-28-,32-31-,54-51+. The van der Waals surface area contributed by atoms with Crippen LogP contribution in [0.1, 0.15) is 245 Å². The summed E-state index contributed by atoms with van der Waals surface area (Å²) >= 11 is 0. The van der Waals surface area contributed by atoms with E-state index in [1.54, 1.807) is 6.08 Å². The molecule has 1 aliphatic rings. The summed E-state index contributed by atoms with van der Waals surface area (Å²) in [6.45, 7) is 5.52. The van der Waals surface area contributed by atoms with Crippen molar-refractivity contribution in [2.24, 2.45) is 0 Å². The molecule has 8 atom stereocenters. The van der Waals surface area contributed by atoms with Gasteiger partial charge in [-0.3, -0.25) is 9.59 Å². The molecule has 11 nitrogen and oxygen atoms in total. The zero-order valence-corrected chi connectivity index (χ0v) is 50.0. The highest BCUT2D eigenvalue weighted by atomic mass is 16.7. The third-order valence-corrected chi connectivity index (χ3v) is 14.2. The minimum atomic E-state index is -1.63. The van der Waals surface area contributed by atoms with Gasteiger partial charge in [0.05, 0.1) is 25.4 Å². The van der Waals surface area contributed by atoms with Crippen LogP contribution in [0.5, 0.6) is 0 Å². The Morgan fingerprint density at radius 3 is 1.51 bits per heavy atom. The summed E-state index contributed by atoms with van der Waals surface area (Å²) in [5.41, 5.74) is 0. The molecule has 1 fully saturated rings. The molecule has 8 unspecified atom stereocenters. The van der Waals surface area contributed by atoms with Crippen molar-refractivity contribution in [1.82, 2.24) is 5.32 Å². The molecular weight excluding hydrogens is 991 g/mol. The highest BCUT2D eigenvalue weighted by molar-refractivity contribution is 5.80. The van der Waals surface area contributed by atoms with E-state index in [9.17, 15) is 35.1 Å². The zero-order valence-electron chi connectivity index (χ0n) is 50.0. The smallest absolute Gasteiger partial charge is 0.306 e. The highest BCUT2D eigenvalue weighted by Crippen LogP contribution is 2.26. The van der Waals surface area contributed by atoms with Crippen LogP contribution < -0.4 is 5.32 Å². The number of allylic oxidation sites excluding steroid dienone is 17. The van der Waals surface area contributed by atoms with Gasteiger partial charge < -0.3 is 45.1 Å². The SMILES string of the molecule is CC/C=C\C/C=C\C/C=C\C/C=C\C/C=C\CCCCCCCCCCC(O)C(=O)NC(COC1OC(CO)C(O)C(O)C1OC(=O)CCCCCCCCC/C=C/C=C/C=C/CC)C(O)/C=C/CCCCCCCCCCC. The Kier molecular flexibility index (Phi) is 50.9. The fourth-order valence-corrected chi connectivity index (χ4v) is 9.27. The molecular formula is C68H115NO10. The molecule has 6 N–H and O–H groups in total. The zero-order chi connectivity index (χ0) is 57.5. The first kappa shape index (κ1) is 73.3. The maximum atomic E-state index is 13.4. The van der Waals surface area contributed by atoms with Gasteiger partial charge in [0, 0.05) is 6.42 Å². The second kappa shape index (κ2) is 54.9. The topological polar surface area (TPSA) is 175 Å². The van der Waals surface area contributed by atoms with Crippen molar-refractivity contribution in [3.05, 3.63) is 109 Å². The van der Waals surface area contributed by atoms with E-state index in [0.29, 0.717) is 12.8 Å². The number of unbranched alkanes of at least 4 members (excludes halogenated alkanes) is 24. The van der Waals surface area contributed by atoms with Crippen LogP contribution in [0.4, 0.5) is 0 Å². The van der Waals surface area contributed by atoms with E-state index in [1.165, 1.54) is 57.8 Å². The molecule has 0 spiro atoms. The lowest BCUT2D eigenvalue weighted by atomic mass is 9.99. The number of nitrogens with one attached hydrogen (secondary N) is 1. The molecule has 1 saturated heterocycles. The van der Waals surface area contributed by atoms with Gasteiger partial charge in [-0.2, -0.15) is 0 Å². The van der Waals surface area contributed by atoms with Crippen LogP contribution in [0, 0.1) is 0 Å². The van der Waals surface area contributed by atoms with Gasteiger partial charge in [-0.1, -0.05) is 259 Å². The Balaban J connectivity index is 2.63.